The topological polar surface area (TPSA) is 66.4 Å². The van der Waals surface area contributed by atoms with E-state index in [1.807, 2.05) is 69.3 Å². The van der Waals surface area contributed by atoms with Crippen LogP contribution in [0.15, 0.2) is 53.6 Å². The first-order valence-corrected chi connectivity index (χ1v) is 10.8. The van der Waals surface area contributed by atoms with Crippen molar-refractivity contribution in [2.24, 2.45) is 5.10 Å². The van der Waals surface area contributed by atoms with Crippen LogP contribution in [0, 0.1) is 13.8 Å². The normalized spacial score (nSPS) is 11.8. The van der Waals surface area contributed by atoms with Crippen LogP contribution in [-0.2, 0) is 0 Å². The SMILES string of the molecule is CC/C(C)=N\Nc1nc2cc(C)c(NC(=O)c3cccc4ccccc34)c(C)c2s1. The van der Waals surface area contributed by atoms with Crippen LogP contribution in [0.3, 0.4) is 0 Å². The lowest BCUT2D eigenvalue weighted by Gasteiger charge is -2.13. The van der Waals surface area contributed by atoms with E-state index < -0.39 is 0 Å². The lowest BCUT2D eigenvalue weighted by molar-refractivity contribution is 0.102. The van der Waals surface area contributed by atoms with Gasteiger partial charge in [-0.1, -0.05) is 54.7 Å². The number of hydrogen-bond acceptors (Lipinski definition) is 5. The number of benzene rings is 3. The smallest absolute Gasteiger partial charge is 0.256 e. The van der Waals surface area contributed by atoms with E-state index in [0.717, 1.165) is 55.1 Å². The number of amides is 1. The van der Waals surface area contributed by atoms with Crippen molar-refractivity contribution in [1.82, 2.24) is 4.98 Å². The summed E-state index contributed by atoms with van der Waals surface area (Å²) in [5.41, 5.74) is 8.48. The van der Waals surface area contributed by atoms with E-state index in [0.29, 0.717) is 5.56 Å². The summed E-state index contributed by atoms with van der Waals surface area (Å²) in [5.74, 6) is -0.108. The molecule has 30 heavy (non-hydrogen) atoms. The highest BCUT2D eigenvalue weighted by Gasteiger charge is 2.16. The number of rotatable bonds is 5. The van der Waals surface area contributed by atoms with Crippen LogP contribution in [0.4, 0.5) is 10.8 Å². The molecule has 0 atom stereocenters. The average molecular weight is 417 g/mol. The second-order valence-electron chi connectivity index (χ2n) is 7.35. The van der Waals surface area contributed by atoms with Gasteiger partial charge >= 0.3 is 0 Å². The highest BCUT2D eigenvalue weighted by molar-refractivity contribution is 7.22. The molecule has 2 N–H and O–H groups in total. The fraction of sp³-hybridized carbons (Fsp3) is 0.208. The van der Waals surface area contributed by atoms with E-state index in [4.69, 9.17) is 0 Å². The zero-order valence-corrected chi connectivity index (χ0v) is 18.4. The van der Waals surface area contributed by atoms with Crippen LogP contribution in [0.2, 0.25) is 0 Å². The van der Waals surface area contributed by atoms with Gasteiger partial charge in [-0.15, -0.1) is 0 Å². The number of aryl methyl sites for hydroxylation is 2. The van der Waals surface area contributed by atoms with Crippen molar-refractivity contribution >= 4 is 54.8 Å². The highest BCUT2D eigenvalue weighted by atomic mass is 32.1. The van der Waals surface area contributed by atoms with Crippen molar-refractivity contribution in [3.63, 3.8) is 0 Å². The van der Waals surface area contributed by atoms with E-state index >= 15 is 0 Å². The van der Waals surface area contributed by atoms with Gasteiger partial charge in [-0.25, -0.2) is 4.98 Å². The van der Waals surface area contributed by atoms with Gasteiger partial charge in [0.2, 0.25) is 5.13 Å². The van der Waals surface area contributed by atoms with E-state index in [-0.39, 0.29) is 5.91 Å². The number of nitrogens with one attached hydrogen (secondary N) is 2. The zero-order chi connectivity index (χ0) is 21.3. The third kappa shape index (κ3) is 3.78. The minimum atomic E-state index is -0.108. The Labute approximate surface area is 179 Å². The molecule has 0 unspecified atom stereocenters. The fourth-order valence-corrected chi connectivity index (χ4v) is 4.34. The monoisotopic (exact) mass is 416 g/mol. The van der Waals surface area contributed by atoms with Crippen LogP contribution in [0.5, 0.6) is 0 Å². The lowest BCUT2D eigenvalue weighted by atomic mass is 10.0. The van der Waals surface area contributed by atoms with Crippen LogP contribution < -0.4 is 10.7 Å². The van der Waals surface area contributed by atoms with Gasteiger partial charge in [-0.05, 0) is 61.2 Å². The van der Waals surface area contributed by atoms with E-state index in [9.17, 15) is 4.79 Å². The molecular formula is C24H24N4OS. The maximum Gasteiger partial charge on any atom is 0.256 e. The molecule has 152 valence electrons. The Morgan fingerprint density at radius 3 is 2.70 bits per heavy atom. The molecule has 0 bridgehead atoms. The summed E-state index contributed by atoms with van der Waals surface area (Å²) in [6, 6.07) is 15.7. The molecule has 3 aromatic carbocycles. The molecule has 6 heteroatoms. The van der Waals surface area contributed by atoms with Crippen LogP contribution >= 0.6 is 11.3 Å². The summed E-state index contributed by atoms with van der Waals surface area (Å²) < 4.78 is 1.04. The number of thiazole rings is 1. The molecule has 0 aliphatic rings. The first kappa shape index (κ1) is 20.0. The molecule has 5 nitrogen and oxygen atoms in total. The predicted molar refractivity (Wildman–Crippen MR) is 128 cm³/mol. The molecular weight excluding hydrogens is 392 g/mol. The third-order valence-electron chi connectivity index (χ3n) is 5.24. The second kappa shape index (κ2) is 8.24. The molecule has 0 aliphatic heterocycles. The minimum absolute atomic E-state index is 0.108. The number of hydrogen-bond donors (Lipinski definition) is 2. The van der Waals surface area contributed by atoms with Crippen molar-refractivity contribution in [3.05, 3.63) is 65.2 Å². The standard InChI is InChI=1S/C24H24N4OS/c1-5-15(3)27-28-24-25-20-13-14(2)21(16(4)22(20)30-24)26-23(29)19-12-8-10-17-9-6-7-11-18(17)19/h6-13H,5H2,1-4H3,(H,25,28)(H,26,29)/b27-15-. The zero-order valence-electron chi connectivity index (χ0n) is 17.5. The van der Waals surface area contributed by atoms with Gasteiger partial charge in [-0.2, -0.15) is 5.10 Å². The number of carbonyl (C=O) groups excluding carboxylic acids is 1. The number of aromatic nitrogens is 1. The molecule has 0 aliphatic carbocycles. The van der Waals surface area contributed by atoms with Crippen molar-refractivity contribution in [2.75, 3.05) is 10.7 Å². The molecule has 0 radical (unpaired) electrons. The number of carbonyl (C=O) groups is 1. The van der Waals surface area contributed by atoms with Gasteiger partial charge < -0.3 is 5.32 Å². The van der Waals surface area contributed by atoms with Gasteiger partial charge in [0.15, 0.2) is 0 Å². The molecule has 0 saturated carbocycles. The largest absolute Gasteiger partial charge is 0.321 e. The van der Waals surface area contributed by atoms with Gasteiger partial charge in [0.25, 0.3) is 5.91 Å². The average Bonchev–Trinajstić information content (AvgIpc) is 3.17. The number of nitrogens with zero attached hydrogens (tertiary/aromatic N) is 2. The molecule has 0 fully saturated rings. The lowest BCUT2D eigenvalue weighted by Crippen LogP contribution is -2.14. The Kier molecular flexibility index (Phi) is 5.50. The van der Waals surface area contributed by atoms with Crippen molar-refractivity contribution in [1.29, 1.82) is 0 Å². The first-order valence-electron chi connectivity index (χ1n) is 9.97. The van der Waals surface area contributed by atoms with Crippen molar-refractivity contribution < 1.29 is 4.79 Å². The second-order valence-corrected chi connectivity index (χ2v) is 8.35. The van der Waals surface area contributed by atoms with E-state index in [1.54, 1.807) is 11.3 Å². The van der Waals surface area contributed by atoms with E-state index in [1.165, 1.54) is 0 Å². The highest BCUT2D eigenvalue weighted by Crippen LogP contribution is 2.35. The summed E-state index contributed by atoms with van der Waals surface area (Å²) >= 11 is 1.54. The van der Waals surface area contributed by atoms with E-state index in [2.05, 4.69) is 27.8 Å². The maximum absolute atomic E-state index is 13.1. The molecule has 1 amide bonds. The molecule has 0 spiro atoms. The van der Waals surface area contributed by atoms with Gasteiger partial charge in [0.05, 0.1) is 10.2 Å². The summed E-state index contributed by atoms with van der Waals surface area (Å²) in [6.45, 7) is 8.07. The Morgan fingerprint density at radius 2 is 1.90 bits per heavy atom. The number of fused-ring (bicyclic) bond motifs is 2. The Balaban J connectivity index is 1.69. The Morgan fingerprint density at radius 1 is 1.13 bits per heavy atom. The molecule has 1 aromatic heterocycles. The molecule has 1 heterocycles. The Bertz CT molecular complexity index is 1280. The summed E-state index contributed by atoms with van der Waals surface area (Å²) in [6.07, 6.45) is 0.889. The van der Waals surface area contributed by atoms with Crippen LogP contribution in [0.25, 0.3) is 21.0 Å². The van der Waals surface area contributed by atoms with Crippen LogP contribution in [-0.4, -0.2) is 16.6 Å². The van der Waals surface area contributed by atoms with Gasteiger partial charge in [0.1, 0.15) is 0 Å². The summed E-state index contributed by atoms with van der Waals surface area (Å²) in [7, 11) is 0. The Hall–Kier alpha value is -3.25. The molecule has 0 saturated heterocycles. The predicted octanol–water partition coefficient (Wildman–Crippen LogP) is 6.52. The van der Waals surface area contributed by atoms with Crippen molar-refractivity contribution in [3.8, 4) is 0 Å². The first-order chi connectivity index (χ1) is 14.5. The number of hydrazone groups is 1. The molecule has 4 aromatic rings. The fourth-order valence-electron chi connectivity index (χ4n) is 3.45. The minimum Gasteiger partial charge on any atom is -0.321 e. The maximum atomic E-state index is 13.1. The molecule has 4 rings (SSSR count). The van der Waals surface area contributed by atoms with Gasteiger partial charge in [0, 0.05) is 17.0 Å². The van der Waals surface area contributed by atoms with Gasteiger partial charge in [-0.3, -0.25) is 10.2 Å². The number of anilines is 2. The van der Waals surface area contributed by atoms with Crippen LogP contribution in [0.1, 0.15) is 41.8 Å². The summed E-state index contributed by atoms with van der Waals surface area (Å²) in [4.78, 5) is 17.8. The van der Waals surface area contributed by atoms with Crippen molar-refractivity contribution in [2.45, 2.75) is 34.1 Å². The third-order valence-corrected chi connectivity index (χ3v) is 6.34. The summed E-state index contributed by atoms with van der Waals surface area (Å²) in [5, 5.41) is 10.2. The quantitative estimate of drug-likeness (QED) is 0.288.